The van der Waals surface area contributed by atoms with E-state index in [1.807, 2.05) is 13.8 Å². The first kappa shape index (κ1) is 13.0. The molecule has 92 valence electrons. The summed E-state index contributed by atoms with van der Waals surface area (Å²) in [7, 11) is 0. The van der Waals surface area contributed by atoms with Gasteiger partial charge < -0.3 is 11.1 Å². The minimum Gasteiger partial charge on any atom is -0.355 e. The van der Waals surface area contributed by atoms with E-state index in [4.69, 9.17) is 5.73 Å². The molecule has 0 fully saturated rings. The lowest BCUT2D eigenvalue weighted by Crippen LogP contribution is -2.32. The van der Waals surface area contributed by atoms with Gasteiger partial charge in [-0.2, -0.15) is 0 Å². The fraction of sp³-hybridized carbons (Fsp3) is 0.818. The second kappa shape index (κ2) is 5.30. The first-order chi connectivity index (χ1) is 7.48. The molecule has 1 rings (SSSR count). The Balaban J connectivity index is 2.72. The number of nitrogens with zero attached hydrogens (tertiary/aromatic N) is 3. The SMILES string of the molecule is CCNc1nnc(CCC(C)(C)N)n1CC. The fourth-order valence-corrected chi connectivity index (χ4v) is 1.58. The smallest absolute Gasteiger partial charge is 0.224 e. The maximum Gasteiger partial charge on any atom is 0.224 e. The van der Waals surface area contributed by atoms with Crippen LogP contribution in [0.5, 0.6) is 0 Å². The predicted octanol–water partition coefficient (Wildman–Crippen LogP) is 1.40. The lowest BCUT2D eigenvalue weighted by Gasteiger charge is -2.17. The Labute approximate surface area is 97.4 Å². The highest BCUT2D eigenvalue weighted by atomic mass is 15.3. The van der Waals surface area contributed by atoms with E-state index in [0.717, 1.165) is 37.7 Å². The lowest BCUT2D eigenvalue weighted by atomic mass is 10.00. The summed E-state index contributed by atoms with van der Waals surface area (Å²) in [6, 6.07) is 0. The standard InChI is InChI=1S/C11H23N5/c1-5-13-10-15-14-9(16(10)6-2)7-8-11(3,4)12/h5-8,12H2,1-4H3,(H,13,15). The Morgan fingerprint density at radius 3 is 2.50 bits per heavy atom. The zero-order valence-corrected chi connectivity index (χ0v) is 10.7. The molecule has 0 atom stereocenters. The zero-order valence-electron chi connectivity index (χ0n) is 10.7. The molecule has 0 aromatic carbocycles. The van der Waals surface area contributed by atoms with E-state index < -0.39 is 0 Å². The van der Waals surface area contributed by atoms with Crippen LogP contribution in [0.2, 0.25) is 0 Å². The number of hydrogen-bond donors (Lipinski definition) is 2. The number of rotatable bonds is 6. The predicted molar refractivity (Wildman–Crippen MR) is 66.4 cm³/mol. The number of anilines is 1. The van der Waals surface area contributed by atoms with Crippen LogP contribution in [0.3, 0.4) is 0 Å². The maximum absolute atomic E-state index is 5.97. The maximum atomic E-state index is 5.97. The average molecular weight is 225 g/mol. The van der Waals surface area contributed by atoms with Gasteiger partial charge in [0.05, 0.1) is 0 Å². The molecule has 0 amide bonds. The van der Waals surface area contributed by atoms with Crippen molar-refractivity contribution in [2.45, 2.75) is 52.6 Å². The molecule has 0 aliphatic heterocycles. The summed E-state index contributed by atoms with van der Waals surface area (Å²) < 4.78 is 2.11. The van der Waals surface area contributed by atoms with Crippen LogP contribution in [-0.2, 0) is 13.0 Å². The van der Waals surface area contributed by atoms with Gasteiger partial charge in [0, 0.05) is 25.0 Å². The summed E-state index contributed by atoms with van der Waals surface area (Å²) >= 11 is 0. The van der Waals surface area contributed by atoms with Gasteiger partial charge in [0.1, 0.15) is 5.82 Å². The summed E-state index contributed by atoms with van der Waals surface area (Å²) in [5, 5.41) is 11.5. The number of nitrogens with one attached hydrogen (secondary N) is 1. The van der Waals surface area contributed by atoms with Crippen LogP contribution in [0.15, 0.2) is 0 Å². The fourth-order valence-electron chi connectivity index (χ4n) is 1.58. The van der Waals surface area contributed by atoms with Crippen LogP contribution >= 0.6 is 0 Å². The Morgan fingerprint density at radius 2 is 2.00 bits per heavy atom. The molecule has 0 spiro atoms. The molecule has 3 N–H and O–H groups in total. The van der Waals surface area contributed by atoms with E-state index in [2.05, 4.69) is 33.9 Å². The number of nitrogens with two attached hydrogens (primary N) is 1. The highest BCUT2D eigenvalue weighted by Crippen LogP contribution is 2.13. The van der Waals surface area contributed by atoms with Crippen molar-refractivity contribution in [3.63, 3.8) is 0 Å². The van der Waals surface area contributed by atoms with Crippen LogP contribution in [-0.4, -0.2) is 26.8 Å². The first-order valence-corrected chi connectivity index (χ1v) is 5.92. The average Bonchev–Trinajstić information content (AvgIpc) is 2.57. The Hall–Kier alpha value is -1.10. The molecule has 0 aliphatic carbocycles. The molecule has 1 aromatic rings. The number of hydrogen-bond acceptors (Lipinski definition) is 4. The number of aryl methyl sites for hydroxylation is 1. The van der Waals surface area contributed by atoms with Gasteiger partial charge in [-0.1, -0.05) is 0 Å². The van der Waals surface area contributed by atoms with Crippen molar-refractivity contribution >= 4 is 5.95 Å². The summed E-state index contributed by atoms with van der Waals surface area (Å²) in [6.07, 6.45) is 1.78. The molecule has 0 unspecified atom stereocenters. The molecule has 0 aliphatic rings. The summed E-state index contributed by atoms with van der Waals surface area (Å²) in [5.74, 6) is 1.87. The number of aromatic nitrogens is 3. The van der Waals surface area contributed by atoms with Crippen LogP contribution < -0.4 is 11.1 Å². The van der Waals surface area contributed by atoms with Crippen LogP contribution in [0.1, 0.15) is 39.9 Å². The van der Waals surface area contributed by atoms with Gasteiger partial charge in [-0.15, -0.1) is 10.2 Å². The van der Waals surface area contributed by atoms with Gasteiger partial charge in [0.25, 0.3) is 0 Å². The molecule has 1 heterocycles. The lowest BCUT2D eigenvalue weighted by molar-refractivity contribution is 0.465. The van der Waals surface area contributed by atoms with Crippen molar-refractivity contribution in [3.8, 4) is 0 Å². The largest absolute Gasteiger partial charge is 0.355 e. The van der Waals surface area contributed by atoms with E-state index in [9.17, 15) is 0 Å². The van der Waals surface area contributed by atoms with E-state index in [1.54, 1.807) is 0 Å². The van der Waals surface area contributed by atoms with Crippen molar-refractivity contribution in [2.75, 3.05) is 11.9 Å². The molecular formula is C11H23N5. The Morgan fingerprint density at radius 1 is 1.31 bits per heavy atom. The molecule has 5 heteroatoms. The van der Waals surface area contributed by atoms with Crippen LogP contribution in [0.25, 0.3) is 0 Å². The third kappa shape index (κ3) is 3.48. The quantitative estimate of drug-likeness (QED) is 0.768. The van der Waals surface area contributed by atoms with E-state index >= 15 is 0 Å². The van der Waals surface area contributed by atoms with Crippen molar-refractivity contribution in [1.29, 1.82) is 0 Å². The van der Waals surface area contributed by atoms with Gasteiger partial charge in [-0.3, -0.25) is 4.57 Å². The second-order valence-corrected chi connectivity index (χ2v) is 4.70. The summed E-state index contributed by atoms with van der Waals surface area (Å²) in [6.45, 7) is 9.96. The molecule has 16 heavy (non-hydrogen) atoms. The van der Waals surface area contributed by atoms with Gasteiger partial charge >= 0.3 is 0 Å². The summed E-state index contributed by atoms with van der Waals surface area (Å²) in [4.78, 5) is 0. The monoisotopic (exact) mass is 225 g/mol. The third-order valence-electron chi connectivity index (χ3n) is 2.47. The van der Waals surface area contributed by atoms with E-state index in [0.29, 0.717) is 0 Å². The zero-order chi connectivity index (χ0) is 12.2. The Bertz CT molecular complexity index is 324. The molecule has 0 saturated heterocycles. The topological polar surface area (TPSA) is 68.8 Å². The minimum atomic E-state index is -0.150. The Kier molecular flexibility index (Phi) is 4.29. The van der Waals surface area contributed by atoms with Gasteiger partial charge in [-0.05, 0) is 34.1 Å². The third-order valence-corrected chi connectivity index (χ3v) is 2.47. The van der Waals surface area contributed by atoms with Crippen molar-refractivity contribution in [3.05, 3.63) is 5.82 Å². The van der Waals surface area contributed by atoms with Crippen LogP contribution in [0, 0.1) is 0 Å². The molecular weight excluding hydrogens is 202 g/mol. The molecule has 5 nitrogen and oxygen atoms in total. The molecule has 1 aromatic heterocycles. The normalized spacial score (nSPS) is 11.8. The van der Waals surface area contributed by atoms with E-state index in [-0.39, 0.29) is 5.54 Å². The summed E-state index contributed by atoms with van der Waals surface area (Å²) in [5.41, 5.74) is 5.82. The van der Waals surface area contributed by atoms with Gasteiger partial charge in [0.15, 0.2) is 0 Å². The molecule has 0 saturated carbocycles. The van der Waals surface area contributed by atoms with Crippen molar-refractivity contribution in [1.82, 2.24) is 14.8 Å². The van der Waals surface area contributed by atoms with Crippen molar-refractivity contribution < 1.29 is 0 Å². The van der Waals surface area contributed by atoms with Crippen molar-refractivity contribution in [2.24, 2.45) is 5.73 Å². The minimum absolute atomic E-state index is 0.150. The first-order valence-electron chi connectivity index (χ1n) is 5.92. The molecule has 0 bridgehead atoms. The highest BCUT2D eigenvalue weighted by Gasteiger charge is 2.15. The van der Waals surface area contributed by atoms with E-state index in [1.165, 1.54) is 0 Å². The van der Waals surface area contributed by atoms with Crippen LogP contribution in [0.4, 0.5) is 5.95 Å². The van der Waals surface area contributed by atoms with Gasteiger partial charge in [0.2, 0.25) is 5.95 Å². The highest BCUT2D eigenvalue weighted by molar-refractivity contribution is 5.25. The van der Waals surface area contributed by atoms with Gasteiger partial charge in [-0.25, -0.2) is 0 Å². The molecule has 0 radical (unpaired) electrons. The second-order valence-electron chi connectivity index (χ2n) is 4.70.